The third kappa shape index (κ3) is 4.66. The van der Waals surface area contributed by atoms with Crippen molar-refractivity contribution in [3.8, 4) is 5.69 Å². The van der Waals surface area contributed by atoms with Gasteiger partial charge in [0.25, 0.3) is 0 Å². The van der Waals surface area contributed by atoms with Crippen LogP contribution in [0.4, 0.5) is 13.2 Å². The zero-order valence-electron chi connectivity index (χ0n) is 11.7. The highest BCUT2D eigenvalue weighted by molar-refractivity contribution is 7.99. The highest BCUT2D eigenvalue weighted by Gasteiger charge is 2.27. The van der Waals surface area contributed by atoms with E-state index in [1.54, 1.807) is 18.5 Å². The van der Waals surface area contributed by atoms with Gasteiger partial charge in [-0.25, -0.2) is 4.98 Å². The van der Waals surface area contributed by atoms with Crippen LogP contribution in [0.5, 0.6) is 0 Å². The Morgan fingerprint density at radius 3 is 2.86 bits per heavy atom. The number of rotatable bonds is 6. The summed E-state index contributed by atoms with van der Waals surface area (Å²) in [5.74, 6) is 0.382. The Hall–Kier alpha value is -1.18. The second kappa shape index (κ2) is 7.39. The van der Waals surface area contributed by atoms with Gasteiger partial charge in [-0.1, -0.05) is 29.4 Å². The first kappa shape index (κ1) is 17.2. The fourth-order valence-corrected chi connectivity index (χ4v) is 2.80. The molecule has 1 aromatic carbocycles. The second-order valence-corrected chi connectivity index (χ2v) is 5.95. The van der Waals surface area contributed by atoms with Crippen LogP contribution >= 0.6 is 23.4 Å². The minimum absolute atomic E-state index is 0.00552. The van der Waals surface area contributed by atoms with Gasteiger partial charge in [-0.15, -0.1) is 0 Å². The number of aromatic nitrogens is 2. The molecule has 0 amide bonds. The summed E-state index contributed by atoms with van der Waals surface area (Å²) in [5.41, 5.74) is 1.81. The minimum atomic E-state index is -4.29. The lowest BCUT2D eigenvalue weighted by atomic mass is 10.2. The summed E-state index contributed by atoms with van der Waals surface area (Å²) >= 11 is 7.43. The van der Waals surface area contributed by atoms with E-state index >= 15 is 0 Å². The highest BCUT2D eigenvalue weighted by Crippen LogP contribution is 2.26. The molecule has 0 saturated carbocycles. The van der Waals surface area contributed by atoms with Crippen molar-refractivity contribution in [1.82, 2.24) is 9.55 Å². The lowest BCUT2D eigenvalue weighted by Gasteiger charge is -2.11. The summed E-state index contributed by atoms with van der Waals surface area (Å²) in [6.07, 6.45) is -0.863. The SMILES string of the molecule is Cc1c(Cl)cccc1-n1ccnc1SCCOCC(F)(F)F. The molecular formula is C14H14ClF3N2OS. The van der Waals surface area contributed by atoms with E-state index < -0.39 is 12.8 Å². The van der Waals surface area contributed by atoms with Crippen LogP contribution in [0.25, 0.3) is 5.69 Å². The molecule has 0 unspecified atom stereocenters. The van der Waals surface area contributed by atoms with Crippen molar-refractivity contribution in [3.63, 3.8) is 0 Å². The lowest BCUT2D eigenvalue weighted by Crippen LogP contribution is -2.18. The lowest BCUT2D eigenvalue weighted by molar-refractivity contribution is -0.172. The van der Waals surface area contributed by atoms with Crippen molar-refractivity contribution >= 4 is 23.4 Å². The Morgan fingerprint density at radius 2 is 2.14 bits per heavy atom. The summed E-state index contributed by atoms with van der Waals surface area (Å²) in [6, 6.07) is 5.55. The molecule has 8 heteroatoms. The van der Waals surface area contributed by atoms with Crippen LogP contribution in [0, 0.1) is 6.92 Å². The third-order valence-electron chi connectivity index (χ3n) is 2.83. The number of nitrogens with zero attached hydrogens (tertiary/aromatic N) is 2. The molecule has 0 saturated heterocycles. The standard InChI is InChI=1S/C14H14ClF3N2OS/c1-10-11(15)3-2-4-12(10)20-6-5-19-13(20)22-8-7-21-9-14(16,17)18/h2-6H,7-9H2,1H3. The van der Waals surface area contributed by atoms with Crippen LogP contribution in [0.3, 0.4) is 0 Å². The smallest absolute Gasteiger partial charge is 0.371 e. The summed E-state index contributed by atoms with van der Waals surface area (Å²) in [4.78, 5) is 4.21. The Morgan fingerprint density at radius 1 is 1.36 bits per heavy atom. The van der Waals surface area contributed by atoms with Gasteiger partial charge in [0.1, 0.15) is 6.61 Å². The maximum atomic E-state index is 12.0. The summed E-state index contributed by atoms with van der Waals surface area (Å²) in [5, 5.41) is 1.33. The number of alkyl halides is 3. The van der Waals surface area contributed by atoms with Crippen molar-refractivity contribution < 1.29 is 17.9 Å². The molecule has 0 aliphatic carbocycles. The normalized spacial score (nSPS) is 11.9. The first-order valence-electron chi connectivity index (χ1n) is 6.44. The van der Waals surface area contributed by atoms with E-state index in [1.807, 2.05) is 23.6 Å². The van der Waals surface area contributed by atoms with Crippen molar-refractivity contribution in [2.45, 2.75) is 18.3 Å². The molecule has 1 heterocycles. The summed E-state index contributed by atoms with van der Waals surface area (Å²) in [6.45, 7) is 0.680. The van der Waals surface area contributed by atoms with Gasteiger partial charge in [0.2, 0.25) is 0 Å². The fourth-order valence-electron chi connectivity index (χ4n) is 1.82. The van der Waals surface area contributed by atoms with E-state index in [1.165, 1.54) is 11.8 Å². The zero-order chi connectivity index (χ0) is 16.2. The predicted octanol–water partition coefficient (Wildman–Crippen LogP) is 4.51. The van der Waals surface area contributed by atoms with E-state index in [0.717, 1.165) is 11.3 Å². The molecule has 120 valence electrons. The quantitative estimate of drug-likeness (QED) is 0.566. The van der Waals surface area contributed by atoms with Crippen molar-refractivity contribution in [2.75, 3.05) is 19.0 Å². The number of hydrogen-bond acceptors (Lipinski definition) is 3. The van der Waals surface area contributed by atoms with Gasteiger partial charge in [0, 0.05) is 23.2 Å². The van der Waals surface area contributed by atoms with E-state index in [4.69, 9.17) is 11.6 Å². The Labute approximate surface area is 135 Å². The molecule has 3 nitrogen and oxygen atoms in total. The molecule has 0 bridgehead atoms. The van der Waals surface area contributed by atoms with Gasteiger partial charge in [0.15, 0.2) is 5.16 Å². The number of halogens is 4. The molecule has 0 spiro atoms. The van der Waals surface area contributed by atoms with Crippen LogP contribution in [-0.2, 0) is 4.74 Å². The molecule has 0 atom stereocenters. The number of hydrogen-bond donors (Lipinski definition) is 0. The molecule has 0 N–H and O–H groups in total. The van der Waals surface area contributed by atoms with E-state index in [-0.39, 0.29) is 6.61 Å². The molecule has 2 rings (SSSR count). The Balaban J connectivity index is 1.97. The maximum Gasteiger partial charge on any atom is 0.411 e. The topological polar surface area (TPSA) is 27.1 Å². The zero-order valence-corrected chi connectivity index (χ0v) is 13.3. The fraction of sp³-hybridized carbons (Fsp3) is 0.357. The predicted molar refractivity (Wildman–Crippen MR) is 80.9 cm³/mol. The molecule has 0 radical (unpaired) electrons. The average molecular weight is 351 g/mol. The van der Waals surface area contributed by atoms with Crippen molar-refractivity contribution in [3.05, 3.63) is 41.2 Å². The first-order chi connectivity index (χ1) is 10.4. The van der Waals surface area contributed by atoms with E-state index in [2.05, 4.69) is 9.72 Å². The molecule has 0 aliphatic rings. The monoisotopic (exact) mass is 350 g/mol. The maximum absolute atomic E-state index is 12.0. The van der Waals surface area contributed by atoms with Crippen LogP contribution in [-0.4, -0.2) is 34.7 Å². The first-order valence-corrected chi connectivity index (χ1v) is 7.81. The van der Waals surface area contributed by atoms with Gasteiger partial charge < -0.3 is 4.74 Å². The molecule has 0 fully saturated rings. The highest BCUT2D eigenvalue weighted by atomic mass is 35.5. The molecule has 22 heavy (non-hydrogen) atoms. The summed E-state index contributed by atoms with van der Waals surface area (Å²) < 4.78 is 42.3. The number of ether oxygens (including phenoxy) is 1. The van der Waals surface area contributed by atoms with Crippen molar-refractivity contribution in [2.24, 2.45) is 0 Å². The van der Waals surface area contributed by atoms with Gasteiger partial charge >= 0.3 is 6.18 Å². The van der Waals surface area contributed by atoms with E-state index in [9.17, 15) is 13.2 Å². The van der Waals surface area contributed by atoms with Gasteiger partial charge in [-0.2, -0.15) is 13.2 Å². The molecule has 1 aromatic heterocycles. The van der Waals surface area contributed by atoms with Gasteiger partial charge in [0.05, 0.1) is 12.3 Å². The van der Waals surface area contributed by atoms with Gasteiger partial charge in [-0.05, 0) is 24.6 Å². The molecule has 2 aromatic rings. The number of benzene rings is 1. The van der Waals surface area contributed by atoms with Crippen LogP contribution in [0.15, 0.2) is 35.7 Å². The van der Waals surface area contributed by atoms with E-state index in [0.29, 0.717) is 15.9 Å². The van der Waals surface area contributed by atoms with Crippen LogP contribution in [0.1, 0.15) is 5.56 Å². The third-order valence-corrected chi connectivity index (χ3v) is 4.17. The Bertz CT molecular complexity index is 631. The van der Waals surface area contributed by atoms with Gasteiger partial charge in [-0.3, -0.25) is 4.57 Å². The Kier molecular flexibility index (Phi) is 5.77. The van der Waals surface area contributed by atoms with Crippen LogP contribution < -0.4 is 0 Å². The number of imidazole rings is 1. The van der Waals surface area contributed by atoms with Crippen LogP contribution in [0.2, 0.25) is 5.02 Å². The minimum Gasteiger partial charge on any atom is -0.371 e. The van der Waals surface area contributed by atoms with Crippen molar-refractivity contribution in [1.29, 1.82) is 0 Å². The average Bonchev–Trinajstić information content (AvgIpc) is 2.88. The summed E-state index contributed by atoms with van der Waals surface area (Å²) in [7, 11) is 0. The second-order valence-electron chi connectivity index (χ2n) is 4.48. The largest absolute Gasteiger partial charge is 0.411 e. The number of thioether (sulfide) groups is 1. The molecular weight excluding hydrogens is 337 g/mol. The molecule has 0 aliphatic heterocycles.